The average molecular weight is 371 g/mol. The van der Waals surface area contributed by atoms with Crippen LogP contribution in [0.1, 0.15) is 20.3 Å². The van der Waals surface area contributed by atoms with E-state index in [4.69, 9.17) is 16.3 Å². The third-order valence-corrected chi connectivity index (χ3v) is 3.99. The highest BCUT2D eigenvalue weighted by molar-refractivity contribution is 6.32. The van der Waals surface area contributed by atoms with Gasteiger partial charge in [-0.1, -0.05) is 18.5 Å². The molecule has 2 N–H and O–H groups in total. The fraction of sp³-hybridized carbons (Fsp3) is 0.357. The molecule has 25 heavy (non-hydrogen) atoms. The summed E-state index contributed by atoms with van der Waals surface area (Å²) >= 11 is 5.84. The predicted octanol–water partition coefficient (Wildman–Crippen LogP) is 1.38. The molecule has 0 spiro atoms. The zero-order chi connectivity index (χ0) is 18.8. The van der Waals surface area contributed by atoms with Crippen LogP contribution in [-0.2, 0) is 9.59 Å². The van der Waals surface area contributed by atoms with Gasteiger partial charge in [0.15, 0.2) is 6.61 Å². The van der Waals surface area contributed by atoms with Crippen LogP contribution in [0.3, 0.4) is 0 Å². The molecule has 1 atom stereocenters. The Balaban J connectivity index is 1.97. The molecule has 11 heteroatoms. The average Bonchev–Trinajstić information content (AvgIpc) is 2.77. The molecule has 134 valence electrons. The first-order valence-corrected chi connectivity index (χ1v) is 7.58. The molecule has 4 amide bonds. The predicted molar refractivity (Wildman–Crippen MR) is 85.8 cm³/mol. The number of hydrogen-bond acceptors (Lipinski definition) is 6. The van der Waals surface area contributed by atoms with Crippen molar-refractivity contribution in [2.75, 3.05) is 6.61 Å². The molecule has 0 radical (unpaired) electrons. The Bertz CT molecular complexity index is 755. The number of halogens is 1. The summed E-state index contributed by atoms with van der Waals surface area (Å²) in [5, 5.41) is 13.7. The van der Waals surface area contributed by atoms with Crippen molar-refractivity contribution < 1.29 is 24.0 Å². The summed E-state index contributed by atoms with van der Waals surface area (Å²) in [6.07, 6.45) is 0.360. The van der Waals surface area contributed by atoms with Crippen LogP contribution in [0.15, 0.2) is 18.2 Å². The number of carbonyl (C=O) groups is 3. The van der Waals surface area contributed by atoms with Crippen molar-refractivity contribution in [3.63, 3.8) is 0 Å². The molecule has 0 saturated carbocycles. The second kappa shape index (κ2) is 6.93. The molecule has 1 aromatic carbocycles. The van der Waals surface area contributed by atoms with Gasteiger partial charge in [-0.25, -0.2) is 4.79 Å². The maximum absolute atomic E-state index is 12.1. The van der Waals surface area contributed by atoms with Gasteiger partial charge >= 0.3 is 6.03 Å². The van der Waals surface area contributed by atoms with Crippen molar-refractivity contribution in [3.05, 3.63) is 33.3 Å². The van der Waals surface area contributed by atoms with Gasteiger partial charge in [-0.15, -0.1) is 0 Å². The Morgan fingerprint density at radius 2 is 2.16 bits per heavy atom. The lowest BCUT2D eigenvalue weighted by Gasteiger charge is -2.19. The number of hydrazine groups is 1. The summed E-state index contributed by atoms with van der Waals surface area (Å²) < 4.78 is 5.16. The number of carbonyl (C=O) groups excluding carboxylic acids is 3. The highest BCUT2D eigenvalue weighted by Crippen LogP contribution is 2.28. The fourth-order valence-electron chi connectivity index (χ4n) is 2.05. The number of rotatable bonds is 6. The number of hydrogen-bond donors (Lipinski definition) is 2. The van der Waals surface area contributed by atoms with Crippen LogP contribution in [0, 0.1) is 10.1 Å². The van der Waals surface area contributed by atoms with Crippen molar-refractivity contribution >= 4 is 35.1 Å². The molecule has 1 heterocycles. The van der Waals surface area contributed by atoms with Crippen LogP contribution in [0.5, 0.6) is 5.75 Å². The summed E-state index contributed by atoms with van der Waals surface area (Å²) in [5.74, 6) is -1.29. The number of amides is 4. The molecule has 2 rings (SSSR count). The first-order chi connectivity index (χ1) is 11.7. The lowest BCUT2D eigenvalue weighted by Crippen LogP contribution is -2.49. The Labute approximate surface area is 147 Å². The summed E-state index contributed by atoms with van der Waals surface area (Å²) in [5.41, 5.74) is 0.845. The van der Waals surface area contributed by atoms with E-state index in [-0.39, 0.29) is 16.5 Å². The Hall–Kier alpha value is -2.88. The largest absolute Gasteiger partial charge is 0.482 e. The maximum atomic E-state index is 12.1. The van der Waals surface area contributed by atoms with E-state index in [9.17, 15) is 24.5 Å². The highest BCUT2D eigenvalue weighted by atomic mass is 35.5. The third-order valence-electron chi connectivity index (χ3n) is 3.69. The van der Waals surface area contributed by atoms with E-state index >= 15 is 0 Å². The van der Waals surface area contributed by atoms with Crippen molar-refractivity contribution in [2.45, 2.75) is 25.8 Å². The molecule has 1 unspecified atom stereocenters. The second-order valence-electron chi connectivity index (χ2n) is 5.45. The van der Waals surface area contributed by atoms with Crippen LogP contribution < -0.4 is 15.5 Å². The quantitative estimate of drug-likeness (QED) is 0.442. The molecule has 10 nitrogen and oxygen atoms in total. The first kappa shape index (κ1) is 18.5. The number of imide groups is 1. The van der Waals surface area contributed by atoms with E-state index in [1.165, 1.54) is 12.1 Å². The number of nitrogens with zero attached hydrogens (tertiary/aromatic N) is 2. The van der Waals surface area contributed by atoms with Crippen LogP contribution >= 0.6 is 11.6 Å². The minimum atomic E-state index is -1.08. The summed E-state index contributed by atoms with van der Waals surface area (Å²) in [7, 11) is 0. The van der Waals surface area contributed by atoms with Gasteiger partial charge in [0, 0.05) is 12.1 Å². The minimum absolute atomic E-state index is 0.0458. The van der Waals surface area contributed by atoms with Crippen molar-refractivity contribution in [2.24, 2.45) is 0 Å². The van der Waals surface area contributed by atoms with E-state index < -0.39 is 34.9 Å². The third kappa shape index (κ3) is 3.79. The minimum Gasteiger partial charge on any atom is -0.482 e. The molecule has 1 aliphatic heterocycles. The lowest BCUT2D eigenvalue weighted by molar-refractivity contribution is -0.384. The van der Waals surface area contributed by atoms with Crippen molar-refractivity contribution in [1.82, 2.24) is 15.8 Å². The molecular formula is C14H15ClN4O6. The summed E-state index contributed by atoms with van der Waals surface area (Å²) in [4.78, 5) is 45.8. The zero-order valence-corrected chi connectivity index (χ0v) is 14.1. The standard InChI is InChI=1S/C14H15ClN4O6/c1-3-14(2)12(21)18(13(22)16-14)17-11(20)7-25-10-5-4-8(19(23)24)6-9(10)15/h4-6H,3,7H2,1-2H3,(H,16,22)(H,17,20). The molecule has 0 bridgehead atoms. The van der Waals surface area contributed by atoms with Gasteiger partial charge in [0.1, 0.15) is 11.3 Å². The molecule has 1 fully saturated rings. The van der Waals surface area contributed by atoms with E-state index in [0.717, 1.165) is 6.07 Å². The Morgan fingerprint density at radius 1 is 1.48 bits per heavy atom. The van der Waals surface area contributed by atoms with Gasteiger partial charge in [-0.05, 0) is 19.4 Å². The summed E-state index contributed by atoms with van der Waals surface area (Å²) in [6.45, 7) is 2.73. The highest BCUT2D eigenvalue weighted by Gasteiger charge is 2.47. The first-order valence-electron chi connectivity index (χ1n) is 7.21. The normalized spacial score (nSPS) is 19.6. The molecule has 1 aromatic rings. The molecule has 0 aliphatic carbocycles. The number of benzene rings is 1. The number of nitrogens with one attached hydrogen (secondary N) is 2. The van der Waals surface area contributed by atoms with Gasteiger partial charge in [-0.3, -0.25) is 25.1 Å². The topological polar surface area (TPSA) is 131 Å². The van der Waals surface area contributed by atoms with Gasteiger partial charge < -0.3 is 10.1 Å². The SMILES string of the molecule is CCC1(C)NC(=O)N(NC(=O)COc2ccc([N+](=O)[O-])cc2Cl)C1=O. The van der Waals surface area contributed by atoms with E-state index in [2.05, 4.69) is 10.7 Å². The van der Waals surface area contributed by atoms with E-state index in [1.807, 2.05) is 0 Å². The monoisotopic (exact) mass is 370 g/mol. The van der Waals surface area contributed by atoms with Gasteiger partial charge in [0.2, 0.25) is 0 Å². The Morgan fingerprint density at radius 3 is 2.68 bits per heavy atom. The number of nitro groups is 1. The van der Waals surface area contributed by atoms with Crippen LogP contribution in [0.25, 0.3) is 0 Å². The van der Waals surface area contributed by atoms with Crippen LogP contribution in [0.2, 0.25) is 5.02 Å². The fourth-order valence-corrected chi connectivity index (χ4v) is 2.28. The van der Waals surface area contributed by atoms with E-state index in [0.29, 0.717) is 11.4 Å². The molecule has 1 aliphatic rings. The van der Waals surface area contributed by atoms with E-state index in [1.54, 1.807) is 13.8 Å². The van der Waals surface area contributed by atoms with Crippen molar-refractivity contribution in [3.8, 4) is 5.75 Å². The summed E-state index contributed by atoms with van der Waals surface area (Å²) in [6, 6.07) is 2.76. The van der Waals surface area contributed by atoms with Gasteiger partial charge in [0.05, 0.1) is 9.95 Å². The Kier molecular flexibility index (Phi) is 5.12. The van der Waals surface area contributed by atoms with Gasteiger partial charge in [0.25, 0.3) is 17.5 Å². The van der Waals surface area contributed by atoms with Gasteiger partial charge in [-0.2, -0.15) is 5.01 Å². The number of ether oxygens (including phenoxy) is 1. The molecule has 0 aromatic heterocycles. The van der Waals surface area contributed by atoms with Crippen LogP contribution in [0.4, 0.5) is 10.5 Å². The van der Waals surface area contributed by atoms with Crippen molar-refractivity contribution in [1.29, 1.82) is 0 Å². The molecule has 1 saturated heterocycles. The second-order valence-corrected chi connectivity index (χ2v) is 5.86. The number of non-ortho nitro benzene ring substituents is 1. The maximum Gasteiger partial charge on any atom is 0.344 e. The number of nitro benzene ring substituents is 1. The smallest absolute Gasteiger partial charge is 0.344 e. The zero-order valence-electron chi connectivity index (χ0n) is 13.4. The number of urea groups is 1. The lowest BCUT2D eigenvalue weighted by atomic mass is 10.00. The molecular weight excluding hydrogens is 356 g/mol. The van der Waals surface area contributed by atoms with Crippen LogP contribution in [-0.4, -0.2) is 39.9 Å².